The summed E-state index contributed by atoms with van der Waals surface area (Å²) in [6.07, 6.45) is 22.5. The molecule has 1 aliphatic heterocycles. The Kier molecular flexibility index (Phi) is 16.8. The van der Waals surface area contributed by atoms with Crippen molar-refractivity contribution in [1.82, 2.24) is 0 Å². The minimum absolute atomic E-state index is 0.0117. The van der Waals surface area contributed by atoms with Crippen molar-refractivity contribution in [3.8, 4) is 0 Å². The standard InChI is InChI=1S/C58H76O7/c1-35(2)18-14-19-36(3)20-15-25-44-23-12-13-24-45(31-44)26-16-21-37(4)28-29-50(60)63-34-49(59)58(11)32-47-41(8)54-55(57(62)52-38(5)22-17-27-46(52)56(54)61)42(9)53(47)48(33-58)65-51-30-39(6)40(7)43(10)64-51/h17-18,20-24,27,39-40,43,48,51H,12-16,19,25-26,28-34H2,1-11H3/b36-20+,37-21?. The Bertz CT molecular complexity index is 2300. The van der Waals surface area contributed by atoms with Crippen LogP contribution in [0, 0.1) is 38.0 Å². The van der Waals surface area contributed by atoms with E-state index in [0.29, 0.717) is 65.3 Å². The third kappa shape index (κ3) is 11.9. The summed E-state index contributed by atoms with van der Waals surface area (Å²) >= 11 is 0. The molecule has 2 aromatic rings. The van der Waals surface area contributed by atoms with Gasteiger partial charge in [-0.2, -0.15) is 0 Å². The molecule has 4 aliphatic rings. The maximum atomic E-state index is 14.3. The maximum Gasteiger partial charge on any atom is 0.306 e. The fraction of sp³-hybridized carbons (Fsp3) is 0.552. The van der Waals surface area contributed by atoms with Crippen molar-refractivity contribution >= 4 is 23.3 Å². The maximum absolute atomic E-state index is 14.3. The van der Waals surface area contributed by atoms with Crippen molar-refractivity contribution in [3.05, 3.63) is 127 Å². The smallest absolute Gasteiger partial charge is 0.306 e. The van der Waals surface area contributed by atoms with Crippen molar-refractivity contribution in [3.63, 3.8) is 0 Å². The first kappa shape index (κ1) is 50.0. The number of fused-ring (bicyclic) bond motifs is 3. The molecule has 65 heavy (non-hydrogen) atoms. The minimum Gasteiger partial charge on any atom is -0.458 e. The van der Waals surface area contributed by atoms with E-state index in [1.54, 1.807) is 11.6 Å². The van der Waals surface area contributed by atoms with E-state index in [1.165, 1.54) is 16.7 Å². The van der Waals surface area contributed by atoms with Gasteiger partial charge in [0.25, 0.3) is 0 Å². The van der Waals surface area contributed by atoms with Gasteiger partial charge in [-0.05, 0) is 172 Å². The Hall–Kier alpha value is -4.46. The second-order valence-corrected chi connectivity index (χ2v) is 20.5. The highest BCUT2D eigenvalue weighted by molar-refractivity contribution is 6.30. The number of ketones is 3. The Balaban J connectivity index is 1.08. The van der Waals surface area contributed by atoms with Gasteiger partial charge in [-0.15, -0.1) is 0 Å². The van der Waals surface area contributed by atoms with Crippen LogP contribution in [-0.4, -0.2) is 42.3 Å². The lowest BCUT2D eigenvalue weighted by molar-refractivity contribution is -0.240. The van der Waals surface area contributed by atoms with Crippen molar-refractivity contribution in [2.45, 2.75) is 185 Å². The zero-order valence-electron chi connectivity index (χ0n) is 41.5. The SMILES string of the molecule is CC(C)=CCC/C(C)=C/CCC1=CCCC=C(CCC=C(C)CCC(=O)OCC(=O)C2(C)Cc3c(C)c4c(c(C)c3C(OC3CC(C)C(C)C(C)O3)C2)C(=O)c2c(C)cccc2C4=O)C1. The lowest BCUT2D eigenvalue weighted by Crippen LogP contribution is -2.43. The molecule has 7 heteroatoms. The summed E-state index contributed by atoms with van der Waals surface area (Å²) in [6.45, 7) is 22.4. The first-order valence-electron chi connectivity index (χ1n) is 24.5. The highest BCUT2D eigenvalue weighted by Crippen LogP contribution is 2.50. The third-order valence-electron chi connectivity index (χ3n) is 15.0. The van der Waals surface area contributed by atoms with Crippen molar-refractivity contribution in [2.75, 3.05) is 6.61 Å². The molecule has 0 spiro atoms. The van der Waals surface area contributed by atoms with Crippen LogP contribution in [-0.2, 0) is 30.2 Å². The van der Waals surface area contributed by atoms with Crippen molar-refractivity contribution < 1.29 is 33.4 Å². The summed E-state index contributed by atoms with van der Waals surface area (Å²) in [5, 5.41) is 0. The number of allylic oxidation sites excluding steroid dienone is 10. The van der Waals surface area contributed by atoms with E-state index in [1.807, 2.05) is 39.8 Å². The number of carbonyl (C=O) groups excluding carboxylic acids is 4. The van der Waals surface area contributed by atoms with Crippen LogP contribution in [0.3, 0.4) is 0 Å². The molecule has 3 aliphatic carbocycles. The molecule has 2 aromatic carbocycles. The second kappa shape index (κ2) is 21.9. The summed E-state index contributed by atoms with van der Waals surface area (Å²) in [6, 6.07) is 5.41. The first-order valence-corrected chi connectivity index (χ1v) is 24.5. The molecule has 6 atom stereocenters. The molecule has 0 amide bonds. The van der Waals surface area contributed by atoms with Gasteiger partial charge in [0.1, 0.15) is 0 Å². The molecule has 0 saturated carbocycles. The van der Waals surface area contributed by atoms with Crippen LogP contribution in [0.1, 0.15) is 205 Å². The van der Waals surface area contributed by atoms with E-state index in [9.17, 15) is 19.2 Å². The molecular weight excluding hydrogens is 809 g/mol. The Labute approximate surface area is 390 Å². The molecule has 0 N–H and O–H groups in total. The monoisotopic (exact) mass is 885 g/mol. The summed E-state index contributed by atoms with van der Waals surface area (Å²) < 4.78 is 19.0. The van der Waals surface area contributed by atoms with E-state index < -0.39 is 23.8 Å². The zero-order valence-corrected chi connectivity index (χ0v) is 41.5. The molecule has 0 aromatic heterocycles. The molecule has 0 bridgehead atoms. The van der Waals surface area contributed by atoms with Crippen LogP contribution >= 0.6 is 0 Å². The third-order valence-corrected chi connectivity index (χ3v) is 15.0. The first-order chi connectivity index (χ1) is 30.9. The molecule has 7 nitrogen and oxygen atoms in total. The van der Waals surface area contributed by atoms with Gasteiger partial charge < -0.3 is 14.2 Å². The lowest BCUT2D eigenvalue weighted by Gasteiger charge is -2.44. The minimum atomic E-state index is -0.961. The number of benzene rings is 2. The topological polar surface area (TPSA) is 96.0 Å². The second-order valence-electron chi connectivity index (χ2n) is 20.5. The van der Waals surface area contributed by atoms with E-state index in [4.69, 9.17) is 14.2 Å². The van der Waals surface area contributed by atoms with Gasteiger partial charge in [0.2, 0.25) is 0 Å². The number of ether oxygens (including phenoxy) is 3. The van der Waals surface area contributed by atoms with Crippen LogP contribution in [0.2, 0.25) is 0 Å². The summed E-state index contributed by atoms with van der Waals surface area (Å²) in [5.41, 5.74) is 11.7. The van der Waals surface area contributed by atoms with Gasteiger partial charge in [-0.25, -0.2) is 0 Å². The Morgan fingerprint density at radius 3 is 2.09 bits per heavy atom. The van der Waals surface area contributed by atoms with Crippen LogP contribution in [0.4, 0.5) is 0 Å². The van der Waals surface area contributed by atoms with Crippen molar-refractivity contribution in [1.29, 1.82) is 0 Å². The number of hydrogen-bond donors (Lipinski definition) is 0. The lowest BCUT2D eigenvalue weighted by atomic mass is 9.65. The van der Waals surface area contributed by atoms with E-state index in [-0.39, 0.29) is 36.5 Å². The summed E-state index contributed by atoms with van der Waals surface area (Å²) in [7, 11) is 0. The molecule has 350 valence electrons. The van der Waals surface area contributed by atoms with Crippen LogP contribution in [0.15, 0.2) is 76.4 Å². The van der Waals surface area contributed by atoms with E-state index in [2.05, 4.69) is 78.8 Å². The highest BCUT2D eigenvalue weighted by Gasteiger charge is 2.47. The van der Waals surface area contributed by atoms with Gasteiger partial charge in [0.05, 0.1) is 12.2 Å². The zero-order chi connectivity index (χ0) is 47.2. The summed E-state index contributed by atoms with van der Waals surface area (Å²) in [5.74, 6) is -0.184. The number of aryl methyl sites for hydroxylation is 1. The molecule has 1 heterocycles. The molecule has 1 saturated heterocycles. The Morgan fingerprint density at radius 1 is 0.800 bits per heavy atom. The number of carbonyl (C=O) groups is 4. The van der Waals surface area contributed by atoms with Crippen molar-refractivity contribution in [2.24, 2.45) is 17.3 Å². The van der Waals surface area contributed by atoms with Crippen LogP contribution in [0.5, 0.6) is 0 Å². The number of esters is 1. The molecule has 6 rings (SSSR count). The Morgan fingerprint density at radius 2 is 1.45 bits per heavy atom. The predicted octanol–water partition coefficient (Wildman–Crippen LogP) is 13.9. The predicted molar refractivity (Wildman–Crippen MR) is 261 cm³/mol. The summed E-state index contributed by atoms with van der Waals surface area (Å²) in [4.78, 5) is 56.1. The molecule has 1 fully saturated rings. The fourth-order valence-corrected chi connectivity index (χ4v) is 10.6. The number of rotatable bonds is 17. The number of hydrogen-bond acceptors (Lipinski definition) is 7. The van der Waals surface area contributed by atoms with Gasteiger partial charge in [-0.3, -0.25) is 19.2 Å². The van der Waals surface area contributed by atoms with Gasteiger partial charge in [0.15, 0.2) is 30.2 Å². The quantitative estimate of drug-likeness (QED) is 0.0984. The van der Waals surface area contributed by atoms with Gasteiger partial charge in [0, 0.05) is 40.5 Å². The molecule has 0 radical (unpaired) electrons. The van der Waals surface area contributed by atoms with Gasteiger partial charge >= 0.3 is 5.97 Å². The van der Waals surface area contributed by atoms with Crippen LogP contribution < -0.4 is 0 Å². The average Bonchev–Trinajstić information content (AvgIpc) is 3.48. The highest BCUT2D eigenvalue weighted by atomic mass is 16.7. The molecular formula is C58H76O7. The largest absolute Gasteiger partial charge is 0.458 e. The van der Waals surface area contributed by atoms with E-state index in [0.717, 1.165) is 85.6 Å². The molecule has 6 unspecified atom stereocenters. The van der Waals surface area contributed by atoms with E-state index >= 15 is 0 Å². The van der Waals surface area contributed by atoms with Gasteiger partial charge in [-0.1, -0.05) is 97.2 Å². The number of Topliss-reactive ketones (excluding diaryl/α,β-unsaturated/α-hetero) is 1. The fourth-order valence-electron chi connectivity index (χ4n) is 10.6. The normalized spacial score (nSPS) is 24.6. The average molecular weight is 885 g/mol. The van der Waals surface area contributed by atoms with Crippen LogP contribution in [0.25, 0.3) is 0 Å².